The molecule has 0 heterocycles. The van der Waals surface area contributed by atoms with Crippen molar-refractivity contribution in [2.24, 2.45) is 5.92 Å². The predicted octanol–water partition coefficient (Wildman–Crippen LogP) is 2.58. The summed E-state index contributed by atoms with van der Waals surface area (Å²) in [6.07, 6.45) is 2.08. The number of aliphatic hydroxyl groups excluding tert-OH is 1. The smallest absolute Gasteiger partial charge is 0.251 e. The maximum Gasteiger partial charge on any atom is 0.251 e. The van der Waals surface area contributed by atoms with E-state index in [2.05, 4.69) is 31.0 Å². The van der Waals surface area contributed by atoms with Crippen LogP contribution < -0.4 is 5.32 Å². The van der Waals surface area contributed by atoms with E-state index in [-0.39, 0.29) is 18.6 Å². The first-order chi connectivity index (χ1) is 9.52. The summed E-state index contributed by atoms with van der Waals surface area (Å²) in [5.74, 6) is 5.95. The number of carbonyl (C=O) groups is 1. The quantitative estimate of drug-likeness (QED) is 0.810. The molecular formula is C17H23NO2. The van der Waals surface area contributed by atoms with Crippen LogP contribution in [0.25, 0.3) is 0 Å². The summed E-state index contributed by atoms with van der Waals surface area (Å²) in [4.78, 5) is 12.1. The lowest BCUT2D eigenvalue weighted by Gasteiger charge is -2.15. The largest absolute Gasteiger partial charge is 0.384 e. The maximum atomic E-state index is 12.1. The minimum absolute atomic E-state index is 0.0751. The molecule has 0 saturated carbocycles. The Morgan fingerprint density at radius 2 is 2.05 bits per heavy atom. The molecule has 1 atom stereocenters. The van der Waals surface area contributed by atoms with Crippen LogP contribution in [0, 0.1) is 17.8 Å². The molecule has 1 amide bonds. The van der Waals surface area contributed by atoms with E-state index in [1.807, 2.05) is 13.0 Å². The summed E-state index contributed by atoms with van der Waals surface area (Å²) in [5.41, 5.74) is 1.34. The van der Waals surface area contributed by atoms with Crippen LogP contribution in [0.4, 0.5) is 0 Å². The Hall–Kier alpha value is -1.79. The van der Waals surface area contributed by atoms with Gasteiger partial charge in [-0.05, 0) is 43.9 Å². The van der Waals surface area contributed by atoms with Crippen molar-refractivity contribution in [1.82, 2.24) is 5.32 Å². The number of amides is 1. The van der Waals surface area contributed by atoms with Crippen molar-refractivity contribution >= 4 is 5.91 Å². The highest BCUT2D eigenvalue weighted by Crippen LogP contribution is 2.08. The zero-order chi connectivity index (χ0) is 15.0. The van der Waals surface area contributed by atoms with Crippen LogP contribution in [0.1, 0.15) is 49.5 Å². The van der Waals surface area contributed by atoms with Crippen LogP contribution in [0.5, 0.6) is 0 Å². The van der Waals surface area contributed by atoms with E-state index in [1.54, 1.807) is 18.2 Å². The molecule has 108 valence electrons. The SMILES string of the molecule is CC(C)CCC(C)NC(=O)c1cccc(C#CCO)c1. The summed E-state index contributed by atoms with van der Waals surface area (Å²) < 4.78 is 0. The van der Waals surface area contributed by atoms with Crippen molar-refractivity contribution in [3.05, 3.63) is 35.4 Å². The molecule has 1 aromatic rings. The summed E-state index contributed by atoms with van der Waals surface area (Å²) in [5, 5.41) is 11.7. The van der Waals surface area contributed by atoms with Gasteiger partial charge in [0.05, 0.1) is 0 Å². The minimum Gasteiger partial charge on any atom is -0.384 e. The van der Waals surface area contributed by atoms with Gasteiger partial charge in [0.25, 0.3) is 5.91 Å². The van der Waals surface area contributed by atoms with Gasteiger partial charge >= 0.3 is 0 Å². The Labute approximate surface area is 121 Å². The lowest BCUT2D eigenvalue weighted by Crippen LogP contribution is -2.32. The number of nitrogens with one attached hydrogen (secondary N) is 1. The molecule has 2 N–H and O–H groups in total. The van der Waals surface area contributed by atoms with Gasteiger partial charge in [0.15, 0.2) is 0 Å². The third kappa shape index (κ3) is 5.90. The fourth-order valence-corrected chi connectivity index (χ4v) is 1.84. The van der Waals surface area contributed by atoms with Gasteiger partial charge in [0.2, 0.25) is 0 Å². The Bertz CT molecular complexity index is 497. The Morgan fingerprint density at radius 1 is 1.30 bits per heavy atom. The number of aliphatic hydroxyl groups is 1. The van der Waals surface area contributed by atoms with E-state index in [4.69, 9.17) is 5.11 Å². The number of benzene rings is 1. The molecule has 3 heteroatoms. The summed E-state index contributed by atoms with van der Waals surface area (Å²) in [6, 6.07) is 7.30. The monoisotopic (exact) mass is 273 g/mol. The highest BCUT2D eigenvalue weighted by atomic mass is 16.2. The van der Waals surface area contributed by atoms with Gasteiger partial charge in [-0.15, -0.1) is 0 Å². The molecule has 0 aliphatic heterocycles. The molecule has 1 rings (SSSR count). The molecule has 0 spiro atoms. The number of rotatable bonds is 5. The van der Waals surface area contributed by atoms with Crippen LogP contribution in [-0.4, -0.2) is 23.7 Å². The van der Waals surface area contributed by atoms with Crippen molar-refractivity contribution in [2.45, 2.75) is 39.7 Å². The van der Waals surface area contributed by atoms with Crippen molar-refractivity contribution in [1.29, 1.82) is 0 Å². The summed E-state index contributed by atoms with van der Waals surface area (Å²) in [6.45, 7) is 6.20. The van der Waals surface area contributed by atoms with Gasteiger partial charge in [-0.2, -0.15) is 0 Å². The van der Waals surface area contributed by atoms with Gasteiger partial charge in [-0.1, -0.05) is 31.8 Å². The Morgan fingerprint density at radius 3 is 2.70 bits per heavy atom. The molecule has 0 aliphatic carbocycles. The lowest BCUT2D eigenvalue weighted by molar-refractivity contribution is 0.0937. The van der Waals surface area contributed by atoms with Crippen LogP contribution in [0.3, 0.4) is 0 Å². The first-order valence-corrected chi connectivity index (χ1v) is 7.03. The fourth-order valence-electron chi connectivity index (χ4n) is 1.84. The second kappa shape index (κ2) is 8.39. The normalized spacial score (nSPS) is 11.7. The van der Waals surface area contributed by atoms with Gasteiger partial charge in [0, 0.05) is 17.2 Å². The average Bonchev–Trinajstić information content (AvgIpc) is 2.43. The molecule has 0 fully saturated rings. The van der Waals surface area contributed by atoms with Gasteiger partial charge in [-0.3, -0.25) is 4.79 Å². The van der Waals surface area contributed by atoms with Crippen LogP contribution >= 0.6 is 0 Å². The number of carbonyl (C=O) groups excluding carboxylic acids is 1. The average molecular weight is 273 g/mol. The molecule has 0 aliphatic rings. The second-order valence-electron chi connectivity index (χ2n) is 5.39. The molecule has 20 heavy (non-hydrogen) atoms. The van der Waals surface area contributed by atoms with E-state index in [1.165, 1.54) is 0 Å². The highest BCUT2D eigenvalue weighted by molar-refractivity contribution is 5.94. The molecule has 3 nitrogen and oxygen atoms in total. The van der Waals surface area contributed by atoms with Crippen LogP contribution in [0.15, 0.2) is 24.3 Å². The molecule has 1 unspecified atom stereocenters. The minimum atomic E-state index is -0.178. The van der Waals surface area contributed by atoms with Gasteiger partial charge in [0.1, 0.15) is 6.61 Å². The number of hydrogen-bond acceptors (Lipinski definition) is 2. The van der Waals surface area contributed by atoms with E-state index in [0.717, 1.165) is 18.4 Å². The highest BCUT2D eigenvalue weighted by Gasteiger charge is 2.10. The third-order valence-electron chi connectivity index (χ3n) is 2.99. The van der Waals surface area contributed by atoms with Crippen molar-refractivity contribution in [3.63, 3.8) is 0 Å². The molecular weight excluding hydrogens is 250 g/mol. The first-order valence-electron chi connectivity index (χ1n) is 7.03. The van der Waals surface area contributed by atoms with Crippen LogP contribution in [0.2, 0.25) is 0 Å². The zero-order valence-electron chi connectivity index (χ0n) is 12.4. The maximum absolute atomic E-state index is 12.1. The summed E-state index contributed by atoms with van der Waals surface area (Å²) in [7, 11) is 0. The van der Waals surface area contributed by atoms with Crippen LogP contribution in [-0.2, 0) is 0 Å². The van der Waals surface area contributed by atoms with E-state index in [0.29, 0.717) is 11.5 Å². The van der Waals surface area contributed by atoms with Crippen molar-refractivity contribution in [2.75, 3.05) is 6.61 Å². The fraction of sp³-hybridized carbons (Fsp3) is 0.471. The van der Waals surface area contributed by atoms with Gasteiger partial charge < -0.3 is 10.4 Å². The van der Waals surface area contributed by atoms with Crippen molar-refractivity contribution < 1.29 is 9.90 Å². The standard InChI is InChI=1S/C17H23NO2/c1-13(2)9-10-14(3)18-17(20)16-8-4-6-15(12-16)7-5-11-19/h4,6,8,12-14,19H,9-11H2,1-3H3,(H,18,20). The molecule has 0 saturated heterocycles. The molecule has 0 bridgehead atoms. The topological polar surface area (TPSA) is 49.3 Å². The molecule has 0 radical (unpaired) electrons. The molecule has 1 aromatic carbocycles. The first kappa shape index (κ1) is 16.3. The van der Waals surface area contributed by atoms with Gasteiger partial charge in [-0.25, -0.2) is 0 Å². The predicted molar refractivity (Wildman–Crippen MR) is 81.4 cm³/mol. The van der Waals surface area contributed by atoms with Crippen molar-refractivity contribution in [3.8, 4) is 11.8 Å². The third-order valence-corrected chi connectivity index (χ3v) is 2.99. The number of hydrogen-bond donors (Lipinski definition) is 2. The lowest BCUT2D eigenvalue weighted by atomic mass is 10.0. The zero-order valence-corrected chi connectivity index (χ0v) is 12.4. The van der Waals surface area contributed by atoms with E-state index in [9.17, 15) is 4.79 Å². The van der Waals surface area contributed by atoms with E-state index < -0.39 is 0 Å². The Balaban J connectivity index is 2.63. The van der Waals surface area contributed by atoms with E-state index >= 15 is 0 Å². The second-order valence-corrected chi connectivity index (χ2v) is 5.39. The molecule has 0 aromatic heterocycles. The Kier molecular flexibility index (Phi) is 6.83. The summed E-state index contributed by atoms with van der Waals surface area (Å²) >= 11 is 0.